The third-order valence-electron chi connectivity index (χ3n) is 9.12. The first-order valence-corrected chi connectivity index (χ1v) is 14.5. The highest BCUT2D eigenvalue weighted by Crippen LogP contribution is 2.50. The number of halogens is 4. The van der Waals surface area contributed by atoms with E-state index in [0.717, 1.165) is 15.8 Å². The van der Waals surface area contributed by atoms with Gasteiger partial charge in [0.15, 0.2) is 5.69 Å². The summed E-state index contributed by atoms with van der Waals surface area (Å²) in [6.07, 6.45) is -1.50. The first-order chi connectivity index (χ1) is 20.5. The second-order valence-electron chi connectivity index (χ2n) is 11.6. The third kappa shape index (κ3) is 4.67. The average Bonchev–Trinajstić information content (AvgIpc) is 3.65. The van der Waals surface area contributed by atoms with E-state index in [1.807, 2.05) is 11.0 Å². The molecule has 9 nitrogen and oxygen atoms in total. The minimum absolute atomic E-state index is 0.103. The molecule has 1 N–H and O–H groups in total. The standard InChI is InChI=1S/C30H27ClF3N5O4/c31-18-1-3-19(4-2-18)39-26(30(32,33)34)17(13-35-39)14-37-11-9-29(10-12-37)16-43-25-21-15-38(23-7-8-24(40)36-27(23)41)28(42)20(21)5-6-22(25)29/h1-6,13,23H,7-12,14-16H2,(H,36,40,41)/t23-/m0/s1. The Morgan fingerprint density at radius 2 is 1.81 bits per heavy atom. The van der Waals surface area contributed by atoms with E-state index >= 15 is 0 Å². The maximum absolute atomic E-state index is 14.2. The number of likely N-dealkylation sites (tertiary alicyclic amines) is 1. The van der Waals surface area contributed by atoms with Gasteiger partial charge in [-0.1, -0.05) is 17.7 Å². The molecule has 224 valence electrons. The van der Waals surface area contributed by atoms with E-state index in [9.17, 15) is 27.6 Å². The summed E-state index contributed by atoms with van der Waals surface area (Å²) in [7, 11) is 0. The summed E-state index contributed by atoms with van der Waals surface area (Å²) in [5, 5.41) is 6.81. The van der Waals surface area contributed by atoms with Gasteiger partial charge in [0.25, 0.3) is 5.91 Å². The zero-order valence-corrected chi connectivity index (χ0v) is 23.7. The zero-order valence-electron chi connectivity index (χ0n) is 22.9. The molecule has 2 fully saturated rings. The Morgan fingerprint density at radius 1 is 1.07 bits per heavy atom. The third-order valence-corrected chi connectivity index (χ3v) is 9.37. The molecule has 0 bridgehead atoms. The Kier molecular flexibility index (Phi) is 6.55. The monoisotopic (exact) mass is 613 g/mol. The van der Waals surface area contributed by atoms with Crippen molar-refractivity contribution in [3.05, 3.63) is 75.6 Å². The Bertz CT molecular complexity index is 1650. The number of benzene rings is 2. The molecule has 0 aliphatic carbocycles. The van der Waals surface area contributed by atoms with Gasteiger partial charge in [-0.3, -0.25) is 24.6 Å². The topological polar surface area (TPSA) is 96.8 Å². The van der Waals surface area contributed by atoms with Gasteiger partial charge in [-0.25, -0.2) is 4.68 Å². The number of rotatable bonds is 4. The van der Waals surface area contributed by atoms with E-state index in [4.69, 9.17) is 16.3 Å². The SMILES string of the molecule is O=C1CC[C@H](N2Cc3c(ccc4c3OCC43CCN(Cc4cnn(-c5ccc(Cl)cc5)c4C(F)(F)F)CC3)C2=O)C(=O)N1. The molecule has 1 spiro atoms. The maximum Gasteiger partial charge on any atom is 0.433 e. The van der Waals surface area contributed by atoms with Crippen molar-refractivity contribution in [2.24, 2.45) is 0 Å². The Labute approximate surface area is 249 Å². The van der Waals surface area contributed by atoms with Crippen LogP contribution in [0, 0.1) is 0 Å². The summed E-state index contributed by atoms with van der Waals surface area (Å²) in [6, 6.07) is 9.06. The lowest BCUT2D eigenvalue weighted by Gasteiger charge is -2.38. The summed E-state index contributed by atoms with van der Waals surface area (Å²) in [5.74, 6) is -0.400. The second kappa shape index (κ2) is 10.1. The van der Waals surface area contributed by atoms with Crippen molar-refractivity contribution < 1.29 is 32.3 Å². The van der Waals surface area contributed by atoms with Crippen LogP contribution in [0.3, 0.4) is 0 Å². The lowest BCUT2D eigenvalue weighted by molar-refractivity contribution is -0.143. The van der Waals surface area contributed by atoms with Crippen molar-refractivity contribution in [2.75, 3.05) is 19.7 Å². The molecule has 3 aromatic rings. The van der Waals surface area contributed by atoms with Crippen LogP contribution in [0.1, 0.15) is 58.4 Å². The minimum atomic E-state index is -4.60. The van der Waals surface area contributed by atoms with E-state index in [0.29, 0.717) is 48.9 Å². The van der Waals surface area contributed by atoms with Crippen molar-refractivity contribution in [1.29, 1.82) is 0 Å². The van der Waals surface area contributed by atoms with Crippen LogP contribution in [-0.4, -0.2) is 63.0 Å². The highest BCUT2D eigenvalue weighted by Gasteiger charge is 2.48. The van der Waals surface area contributed by atoms with Crippen LogP contribution in [0.2, 0.25) is 5.02 Å². The van der Waals surface area contributed by atoms with Crippen molar-refractivity contribution in [3.8, 4) is 11.4 Å². The normalized spacial score (nSPS) is 21.6. The van der Waals surface area contributed by atoms with Crippen LogP contribution >= 0.6 is 11.6 Å². The van der Waals surface area contributed by atoms with Gasteiger partial charge < -0.3 is 9.64 Å². The van der Waals surface area contributed by atoms with Crippen LogP contribution in [-0.2, 0) is 34.3 Å². The van der Waals surface area contributed by atoms with Gasteiger partial charge in [0.1, 0.15) is 11.8 Å². The van der Waals surface area contributed by atoms with Gasteiger partial charge in [0, 0.05) is 45.7 Å². The van der Waals surface area contributed by atoms with Crippen molar-refractivity contribution >= 4 is 29.3 Å². The van der Waals surface area contributed by atoms with E-state index in [-0.39, 0.29) is 54.4 Å². The Balaban J connectivity index is 1.08. The molecule has 2 aromatic carbocycles. The maximum atomic E-state index is 14.2. The quantitative estimate of drug-likeness (QED) is 0.443. The number of amides is 3. The van der Waals surface area contributed by atoms with Gasteiger partial charge in [-0.05, 0) is 62.7 Å². The molecule has 0 unspecified atom stereocenters. The summed E-state index contributed by atoms with van der Waals surface area (Å²) in [4.78, 5) is 40.8. The minimum Gasteiger partial charge on any atom is -0.492 e. The van der Waals surface area contributed by atoms with E-state index in [1.54, 1.807) is 6.07 Å². The first kappa shape index (κ1) is 27.9. The fraction of sp³-hybridized carbons (Fsp3) is 0.400. The number of carbonyl (C=O) groups excluding carboxylic acids is 3. The highest BCUT2D eigenvalue weighted by atomic mass is 35.5. The number of imide groups is 1. The Hall–Kier alpha value is -3.90. The number of alkyl halides is 3. The molecule has 4 aliphatic heterocycles. The van der Waals surface area contributed by atoms with Gasteiger partial charge in [-0.15, -0.1) is 0 Å². The van der Waals surface area contributed by atoms with Crippen LogP contribution in [0.4, 0.5) is 13.2 Å². The molecular formula is C30H27ClF3N5O4. The number of piperidine rings is 2. The van der Waals surface area contributed by atoms with Gasteiger partial charge in [0.2, 0.25) is 11.8 Å². The number of carbonyl (C=O) groups is 3. The number of ether oxygens (including phenoxy) is 1. The highest BCUT2D eigenvalue weighted by molar-refractivity contribution is 6.30. The number of nitrogens with zero attached hydrogens (tertiary/aromatic N) is 4. The van der Waals surface area contributed by atoms with Crippen molar-refractivity contribution in [3.63, 3.8) is 0 Å². The zero-order chi connectivity index (χ0) is 30.1. The molecule has 13 heteroatoms. The fourth-order valence-corrected chi connectivity index (χ4v) is 6.98. The molecule has 0 saturated carbocycles. The number of hydrogen-bond acceptors (Lipinski definition) is 6. The number of nitrogens with one attached hydrogen (secondary N) is 1. The van der Waals surface area contributed by atoms with E-state index in [1.165, 1.54) is 35.4 Å². The molecule has 5 heterocycles. The van der Waals surface area contributed by atoms with Crippen molar-refractivity contribution in [2.45, 2.75) is 56.4 Å². The number of hydrogen-bond donors (Lipinski definition) is 1. The largest absolute Gasteiger partial charge is 0.492 e. The van der Waals surface area contributed by atoms with Gasteiger partial charge in [0.05, 0.1) is 25.0 Å². The summed E-state index contributed by atoms with van der Waals surface area (Å²) in [5.41, 5.74) is 1.51. The second-order valence-corrected chi connectivity index (χ2v) is 12.1. The van der Waals surface area contributed by atoms with Gasteiger partial charge >= 0.3 is 6.18 Å². The van der Waals surface area contributed by atoms with Crippen LogP contribution < -0.4 is 10.1 Å². The molecule has 2 saturated heterocycles. The molecule has 0 radical (unpaired) electrons. The molecular weight excluding hydrogens is 587 g/mol. The summed E-state index contributed by atoms with van der Waals surface area (Å²) in [6.45, 7) is 1.87. The van der Waals surface area contributed by atoms with Crippen molar-refractivity contribution in [1.82, 2.24) is 24.9 Å². The van der Waals surface area contributed by atoms with Crippen LogP contribution in [0.15, 0.2) is 42.6 Å². The molecule has 4 aliphatic rings. The lowest BCUT2D eigenvalue weighted by Crippen LogP contribution is -2.52. The molecule has 3 amide bonds. The number of aromatic nitrogens is 2. The summed E-state index contributed by atoms with van der Waals surface area (Å²) < 4.78 is 49.7. The van der Waals surface area contributed by atoms with E-state index in [2.05, 4.69) is 10.4 Å². The predicted molar refractivity (Wildman–Crippen MR) is 148 cm³/mol. The predicted octanol–water partition coefficient (Wildman–Crippen LogP) is 4.23. The average molecular weight is 614 g/mol. The molecule has 7 rings (SSSR count). The lowest BCUT2D eigenvalue weighted by atomic mass is 9.74. The van der Waals surface area contributed by atoms with Crippen LogP contribution in [0.25, 0.3) is 5.69 Å². The Morgan fingerprint density at radius 3 is 2.51 bits per heavy atom. The molecule has 1 aromatic heterocycles. The summed E-state index contributed by atoms with van der Waals surface area (Å²) >= 11 is 5.92. The fourth-order valence-electron chi connectivity index (χ4n) is 6.86. The van der Waals surface area contributed by atoms with Gasteiger partial charge in [-0.2, -0.15) is 18.3 Å². The molecule has 43 heavy (non-hydrogen) atoms. The first-order valence-electron chi connectivity index (χ1n) is 14.1. The van der Waals surface area contributed by atoms with Crippen LogP contribution in [0.5, 0.6) is 5.75 Å². The smallest absolute Gasteiger partial charge is 0.433 e. The van der Waals surface area contributed by atoms with E-state index < -0.39 is 23.8 Å². The number of fused-ring (bicyclic) bond motifs is 4. The molecule has 1 atom stereocenters.